The molecule has 0 spiro atoms. The summed E-state index contributed by atoms with van der Waals surface area (Å²) in [7, 11) is 2.19. The summed E-state index contributed by atoms with van der Waals surface area (Å²) in [5, 5.41) is 12.6. The van der Waals surface area contributed by atoms with Gasteiger partial charge in [-0.05, 0) is 23.8 Å². The van der Waals surface area contributed by atoms with Gasteiger partial charge in [-0.15, -0.1) is 0 Å². The van der Waals surface area contributed by atoms with Gasteiger partial charge in [-0.1, -0.05) is 6.07 Å². The number of methoxy groups -OCH3 is 4. The number of carboxylic acids is 1. The van der Waals surface area contributed by atoms with Crippen LogP contribution in [0.15, 0.2) is 35.7 Å². The number of sulfone groups is 1. The maximum absolute atomic E-state index is 12.7. The SMILES string of the molecule is COc1cc(OC)c(/C=C/S(=O)(=O)Cc2ccc(OC)c(NCC(=O)O)c2)c(OC)c1.[NaH]. The van der Waals surface area contributed by atoms with Gasteiger partial charge in [-0.2, -0.15) is 0 Å². The van der Waals surface area contributed by atoms with Gasteiger partial charge in [-0.3, -0.25) is 4.79 Å². The van der Waals surface area contributed by atoms with Crippen LogP contribution in [0.3, 0.4) is 0 Å². The van der Waals surface area contributed by atoms with Gasteiger partial charge in [0.1, 0.15) is 29.5 Å². The molecule has 0 saturated heterocycles. The molecule has 0 aliphatic rings. The third-order valence-corrected chi connectivity index (χ3v) is 5.54. The Kier molecular flexibility index (Phi) is 10.9. The third kappa shape index (κ3) is 7.63. The van der Waals surface area contributed by atoms with E-state index in [9.17, 15) is 13.2 Å². The van der Waals surface area contributed by atoms with Crippen LogP contribution in [-0.4, -0.2) is 84.0 Å². The van der Waals surface area contributed by atoms with Crippen molar-refractivity contribution in [2.24, 2.45) is 0 Å². The second-order valence-corrected chi connectivity index (χ2v) is 8.22. The summed E-state index contributed by atoms with van der Waals surface area (Å²) in [6, 6.07) is 7.97. The van der Waals surface area contributed by atoms with Crippen molar-refractivity contribution in [3.63, 3.8) is 0 Å². The van der Waals surface area contributed by atoms with Crippen molar-refractivity contribution < 1.29 is 37.3 Å². The fourth-order valence-corrected chi connectivity index (χ4v) is 3.89. The van der Waals surface area contributed by atoms with E-state index in [-0.39, 0.29) is 41.9 Å². The Labute approximate surface area is 209 Å². The molecule has 2 rings (SSSR count). The van der Waals surface area contributed by atoms with E-state index in [2.05, 4.69) is 5.32 Å². The van der Waals surface area contributed by atoms with E-state index >= 15 is 0 Å². The zero-order valence-corrected chi connectivity index (χ0v) is 18.5. The van der Waals surface area contributed by atoms with E-state index in [0.717, 1.165) is 5.41 Å². The fraction of sp³-hybridized carbons (Fsp3) is 0.286. The van der Waals surface area contributed by atoms with Gasteiger partial charge >= 0.3 is 35.5 Å². The van der Waals surface area contributed by atoms with Crippen molar-refractivity contribution in [2.75, 3.05) is 40.3 Å². The minimum absolute atomic E-state index is 0. The van der Waals surface area contributed by atoms with Gasteiger partial charge in [-0.25, -0.2) is 8.42 Å². The Bertz CT molecular complexity index is 1040. The summed E-state index contributed by atoms with van der Waals surface area (Å²) in [5.41, 5.74) is 1.31. The molecule has 9 nitrogen and oxygen atoms in total. The molecular formula is C21H26NNaO8S. The molecule has 2 N–H and O–H groups in total. The molecule has 11 heteroatoms. The van der Waals surface area contributed by atoms with E-state index in [1.165, 1.54) is 34.5 Å². The Morgan fingerprint density at radius 2 is 1.56 bits per heavy atom. The number of carbonyl (C=O) groups is 1. The molecule has 0 aliphatic heterocycles. The van der Waals surface area contributed by atoms with Crippen LogP contribution >= 0.6 is 0 Å². The molecular weight excluding hydrogens is 449 g/mol. The average molecular weight is 475 g/mol. The van der Waals surface area contributed by atoms with Gasteiger partial charge < -0.3 is 29.4 Å². The van der Waals surface area contributed by atoms with E-state index < -0.39 is 15.8 Å². The molecule has 170 valence electrons. The molecule has 0 aromatic heterocycles. The van der Waals surface area contributed by atoms with Gasteiger partial charge in [0.05, 0.1) is 45.4 Å². The van der Waals surface area contributed by atoms with Gasteiger partial charge in [0.15, 0.2) is 9.84 Å². The molecule has 0 aliphatic carbocycles. The Morgan fingerprint density at radius 1 is 0.969 bits per heavy atom. The number of carboxylic acid groups (broad SMARTS) is 1. The minimum atomic E-state index is -3.67. The molecule has 2 aromatic rings. The van der Waals surface area contributed by atoms with Crippen molar-refractivity contribution in [3.8, 4) is 23.0 Å². The summed E-state index contributed by atoms with van der Waals surface area (Å²) in [5.74, 6) is 0.361. The van der Waals surface area contributed by atoms with E-state index in [4.69, 9.17) is 24.1 Å². The molecule has 32 heavy (non-hydrogen) atoms. The number of hydrogen-bond donors (Lipinski definition) is 2. The first kappa shape index (κ1) is 27.6. The monoisotopic (exact) mass is 475 g/mol. The van der Waals surface area contributed by atoms with Gasteiger partial charge in [0, 0.05) is 17.5 Å². The summed E-state index contributed by atoms with van der Waals surface area (Å²) in [6.45, 7) is -0.330. The van der Waals surface area contributed by atoms with Crippen LogP contribution in [0, 0.1) is 0 Å². The number of benzene rings is 2. The number of ether oxygens (including phenoxy) is 4. The number of aliphatic carboxylic acids is 1. The zero-order valence-electron chi connectivity index (χ0n) is 17.7. The number of anilines is 1. The van der Waals surface area contributed by atoms with Crippen LogP contribution in [-0.2, 0) is 20.4 Å². The summed E-state index contributed by atoms with van der Waals surface area (Å²) < 4.78 is 46.4. The number of hydrogen-bond acceptors (Lipinski definition) is 8. The van der Waals surface area contributed by atoms with Crippen LogP contribution in [0.4, 0.5) is 5.69 Å². The van der Waals surface area contributed by atoms with Crippen LogP contribution in [0.25, 0.3) is 6.08 Å². The zero-order chi connectivity index (χ0) is 23.0. The topological polar surface area (TPSA) is 120 Å². The molecule has 0 unspecified atom stereocenters. The molecule has 0 radical (unpaired) electrons. The Balaban J connectivity index is 0.00000512. The summed E-state index contributed by atoms with van der Waals surface area (Å²) >= 11 is 0. The van der Waals surface area contributed by atoms with Crippen molar-refractivity contribution in [2.45, 2.75) is 5.75 Å². The Morgan fingerprint density at radius 3 is 2.06 bits per heavy atom. The molecule has 0 atom stereocenters. The van der Waals surface area contributed by atoms with Gasteiger partial charge in [0.25, 0.3) is 0 Å². The molecule has 2 aromatic carbocycles. The maximum atomic E-state index is 12.7. The molecule has 0 heterocycles. The average Bonchev–Trinajstić information content (AvgIpc) is 2.75. The van der Waals surface area contributed by atoms with E-state index in [0.29, 0.717) is 39.8 Å². The second-order valence-electron chi connectivity index (χ2n) is 6.34. The van der Waals surface area contributed by atoms with Crippen LogP contribution in [0.5, 0.6) is 23.0 Å². The van der Waals surface area contributed by atoms with E-state index in [1.807, 2.05) is 0 Å². The standard InChI is InChI=1S/C21H25NO8S.Na.H/c1-27-15-10-19(29-3)16(20(11-15)30-4)7-8-31(25,26)13-14-5-6-18(28-2)17(9-14)22-12-21(23)24;;/h5-11,22H,12-13H2,1-4H3,(H,23,24);;/b8-7+;;. The fourth-order valence-electron chi connectivity index (χ4n) is 2.80. The van der Waals surface area contributed by atoms with Crippen LogP contribution in [0.1, 0.15) is 11.1 Å². The van der Waals surface area contributed by atoms with Crippen molar-refractivity contribution in [1.29, 1.82) is 0 Å². The molecule has 0 saturated carbocycles. The number of nitrogens with one attached hydrogen (secondary N) is 1. The molecule has 0 amide bonds. The van der Waals surface area contributed by atoms with Gasteiger partial charge in [0.2, 0.25) is 0 Å². The predicted octanol–water partition coefficient (Wildman–Crippen LogP) is 2.15. The predicted molar refractivity (Wildman–Crippen MR) is 124 cm³/mol. The molecule has 0 fully saturated rings. The number of rotatable bonds is 11. The first-order valence-electron chi connectivity index (χ1n) is 9.06. The first-order chi connectivity index (χ1) is 14.7. The second kappa shape index (κ2) is 12.6. The van der Waals surface area contributed by atoms with Crippen molar-refractivity contribution in [1.82, 2.24) is 0 Å². The quantitative estimate of drug-likeness (QED) is 0.471. The summed E-state index contributed by atoms with van der Waals surface area (Å²) in [4.78, 5) is 10.8. The normalized spacial score (nSPS) is 10.9. The summed E-state index contributed by atoms with van der Waals surface area (Å²) in [6.07, 6.45) is 1.40. The first-order valence-corrected chi connectivity index (χ1v) is 10.8. The third-order valence-electron chi connectivity index (χ3n) is 4.26. The van der Waals surface area contributed by atoms with Crippen LogP contribution < -0.4 is 24.3 Å². The van der Waals surface area contributed by atoms with Crippen LogP contribution in [0.2, 0.25) is 0 Å². The Hall–Kier alpha value is -2.40. The van der Waals surface area contributed by atoms with E-state index in [1.54, 1.807) is 30.3 Å². The van der Waals surface area contributed by atoms with Crippen molar-refractivity contribution in [3.05, 3.63) is 46.9 Å². The van der Waals surface area contributed by atoms with Crippen molar-refractivity contribution >= 4 is 57.1 Å². The molecule has 0 bridgehead atoms.